The summed E-state index contributed by atoms with van der Waals surface area (Å²) in [5, 5.41) is 8.93. The molecule has 3 heteroatoms. The van der Waals surface area contributed by atoms with Gasteiger partial charge in [0.25, 0.3) is 5.91 Å². The molecule has 1 saturated heterocycles. The zero-order valence-electron chi connectivity index (χ0n) is 10.0. The van der Waals surface area contributed by atoms with Crippen LogP contribution in [0.2, 0.25) is 0 Å². The molecule has 0 bridgehead atoms. The van der Waals surface area contributed by atoms with E-state index in [9.17, 15) is 4.79 Å². The van der Waals surface area contributed by atoms with Crippen LogP contribution in [-0.4, -0.2) is 23.9 Å². The Kier molecular flexibility index (Phi) is 3.43. The van der Waals surface area contributed by atoms with Crippen LogP contribution in [0.25, 0.3) is 0 Å². The van der Waals surface area contributed by atoms with Crippen molar-refractivity contribution in [3.63, 3.8) is 0 Å². The van der Waals surface area contributed by atoms with Gasteiger partial charge in [0.1, 0.15) is 0 Å². The second-order valence-corrected chi connectivity index (χ2v) is 4.53. The average molecular weight is 228 g/mol. The first kappa shape index (κ1) is 11.7. The summed E-state index contributed by atoms with van der Waals surface area (Å²) in [5.74, 6) is 0.0553. The van der Waals surface area contributed by atoms with E-state index >= 15 is 0 Å². The highest BCUT2D eigenvalue weighted by Crippen LogP contribution is 2.19. The van der Waals surface area contributed by atoms with Crippen LogP contribution >= 0.6 is 0 Å². The van der Waals surface area contributed by atoms with Crippen LogP contribution in [0.3, 0.4) is 0 Å². The molecular formula is C14H16N2O. The second kappa shape index (κ2) is 5.01. The molecule has 1 aliphatic heterocycles. The standard InChI is InChI=1S/C14H16N2O/c1-11-5-2-3-7-13(11)14(17)16-8-4-6-12(9-15)10-16/h2-3,5,7,12H,4,6,8,10H2,1H3. The maximum Gasteiger partial charge on any atom is 0.254 e. The number of amides is 1. The molecule has 0 spiro atoms. The van der Waals surface area contributed by atoms with E-state index in [1.54, 1.807) is 4.90 Å². The summed E-state index contributed by atoms with van der Waals surface area (Å²) in [6, 6.07) is 9.87. The molecule has 88 valence electrons. The van der Waals surface area contributed by atoms with Crippen molar-refractivity contribution < 1.29 is 4.79 Å². The average Bonchev–Trinajstić information content (AvgIpc) is 2.38. The quantitative estimate of drug-likeness (QED) is 0.740. The minimum atomic E-state index is -0.00304. The SMILES string of the molecule is Cc1ccccc1C(=O)N1CCCC(C#N)C1. The van der Waals surface area contributed by atoms with Gasteiger partial charge in [-0.2, -0.15) is 5.26 Å². The molecule has 1 aliphatic rings. The number of nitrogens with zero attached hydrogens (tertiary/aromatic N) is 2. The summed E-state index contributed by atoms with van der Waals surface area (Å²) in [5.41, 5.74) is 1.75. The summed E-state index contributed by atoms with van der Waals surface area (Å²) < 4.78 is 0. The molecule has 3 nitrogen and oxygen atoms in total. The Morgan fingerprint density at radius 3 is 2.94 bits per heavy atom. The Morgan fingerprint density at radius 1 is 1.47 bits per heavy atom. The van der Waals surface area contributed by atoms with Gasteiger partial charge >= 0.3 is 0 Å². The van der Waals surface area contributed by atoms with E-state index in [4.69, 9.17) is 5.26 Å². The molecule has 17 heavy (non-hydrogen) atoms. The van der Waals surface area contributed by atoms with Gasteiger partial charge in [-0.15, -0.1) is 0 Å². The molecule has 1 unspecified atom stereocenters. The fourth-order valence-corrected chi connectivity index (χ4v) is 2.25. The van der Waals surface area contributed by atoms with Gasteiger partial charge in [0, 0.05) is 18.7 Å². The fraction of sp³-hybridized carbons (Fsp3) is 0.429. The van der Waals surface area contributed by atoms with Crippen molar-refractivity contribution in [1.29, 1.82) is 5.26 Å². The van der Waals surface area contributed by atoms with Crippen molar-refractivity contribution >= 4 is 5.91 Å². The Balaban J connectivity index is 2.16. The van der Waals surface area contributed by atoms with E-state index in [1.165, 1.54) is 0 Å². The summed E-state index contributed by atoms with van der Waals surface area (Å²) in [4.78, 5) is 14.1. The third-order valence-electron chi connectivity index (χ3n) is 3.27. The van der Waals surface area contributed by atoms with Gasteiger partial charge in [-0.25, -0.2) is 0 Å². The lowest BCUT2D eigenvalue weighted by Gasteiger charge is -2.30. The number of likely N-dealkylation sites (tertiary alicyclic amines) is 1. The monoisotopic (exact) mass is 228 g/mol. The van der Waals surface area contributed by atoms with E-state index in [0.717, 1.165) is 30.5 Å². The smallest absolute Gasteiger partial charge is 0.254 e. The number of carbonyl (C=O) groups is 1. The van der Waals surface area contributed by atoms with Gasteiger partial charge in [-0.1, -0.05) is 18.2 Å². The molecule has 1 fully saturated rings. The third kappa shape index (κ3) is 2.47. The van der Waals surface area contributed by atoms with Gasteiger partial charge in [0.15, 0.2) is 0 Å². The van der Waals surface area contributed by atoms with Crippen LogP contribution in [0, 0.1) is 24.2 Å². The number of piperidine rings is 1. The van der Waals surface area contributed by atoms with Crippen LogP contribution in [0.1, 0.15) is 28.8 Å². The van der Waals surface area contributed by atoms with E-state index in [1.807, 2.05) is 31.2 Å². The number of hydrogen-bond acceptors (Lipinski definition) is 2. The minimum Gasteiger partial charge on any atom is -0.337 e. The van der Waals surface area contributed by atoms with Crippen molar-refractivity contribution in [2.45, 2.75) is 19.8 Å². The summed E-state index contributed by atoms with van der Waals surface area (Å²) >= 11 is 0. The molecule has 0 aromatic heterocycles. The first-order chi connectivity index (χ1) is 8.22. The zero-order valence-corrected chi connectivity index (χ0v) is 10.0. The molecule has 0 saturated carbocycles. The van der Waals surface area contributed by atoms with Crippen LogP contribution in [0.5, 0.6) is 0 Å². The summed E-state index contributed by atoms with van der Waals surface area (Å²) in [6.07, 6.45) is 1.84. The topological polar surface area (TPSA) is 44.1 Å². The maximum atomic E-state index is 12.3. The number of aryl methyl sites for hydroxylation is 1. The summed E-state index contributed by atoms with van der Waals surface area (Å²) in [6.45, 7) is 3.29. The van der Waals surface area contributed by atoms with E-state index in [2.05, 4.69) is 6.07 Å². The molecule has 1 aromatic rings. The molecule has 1 aromatic carbocycles. The molecule has 2 rings (SSSR count). The Morgan fingerprint density at radius 2 is 2.24 bits per heavy atom. The van der Waals surface area contributed by atoms with Crippen LogP contribution < -0.4 is 0 Å². The zero-order chi connectivity index (χ0) is 12.3. The van der Waals surface area contributed by atoms with Crippen molar-refractivity contribution in [3.05, 3.63) is 35.4 Å². The van der Waals surface area contributed by atoms with Gasteiger partial charge in [0.05, 0.1) is 12.0 Å². The van der Waals surface area contributed by atoms with Crippen molar-refractivity contribution in [2.24, 2.45) is 5.92 Å². The van der Waals surface area contributed by atoms with Crippen LogP contribution in [0.15, 0.2) is 24.3 Å². The molecule has 1 amide bonds. The lowest BCUT2D eigenvalue weighted by Crippen LogP contribution is -2.39. The predicted molar refractivity (Wildman–Crippen MR) is 65.4 cm³/mol. The first-order valence-corrected chi connectivity index (χ1v) is 5.97. The third-order valence-corrected chi connectivity index (χ3v) is 3.27. The van der Waals surface area contributed by atoms with Gasteiger partial charge in [-0.05, 0) is 31.4 Å². The Hall–Kier alpha value is -1.82. The number of hydrogen-bond donors (Lipinski definition) is 0. The van der Waals surface area contributed by atoms with Crippen molar-refractivity contribution in [1.82, 2.24) is 4.90 Å². The summed E-state index contributed by atoms with van der Waals surface area (Å²) in [7, 11) is 0. The fourth-order valence-electron chi connectivity index (χ4n) is 2.25. The van der Waals surface area contributed by atoms with Gasteiger partial charge < -0.3 is 4.90 Å². The number of rotatable bonds is 1. The minimum absolute atomic E-state index is 0.00304. The highest BCUT2D eigenvalue weighted by molar-refractivity contribution is 5.95. The second-order valence-electron chi connectivity index (χ2n) is 4.53. The molecule has 0 radical (unpaired) electrons. The van der Waals surface area contributed by atoms with Crippen molar-refractivity contribution in [2.75, 3.05) is 13.1 Å². The first-order valence-electron chi connectivity index (χ1n) is 5.97. The predicted octanol–water partition coefficient (Wildman–Crippen LogP) is 2.37. The maximum absolute atomic E-state index is 12.3. The van der Waals surface area contributed by atoms with Gasteiger partial charge in [0.2, 0.25) is 0 Å². The Labute approximate surface area is 102 Å². The number of nitriles is 1. The molecule has 0 aliphatic carbocycles. The normalized spacial score (nSPS) is 19.8. The lowest BCUT2D eigenvalue weighted by atomic mass is 9.98. The van der Waals surface area contributed by atoms with E-state index < -0.39 is 0 Å². The Bertz CT molecular complexity index is 462. The van der Waals surface area contributed by atoms with Crippen LogP contribution in [-0.2, 0) is 0 Å². The van der Waals surface area contributed by atoms with E-state index in [0.29, 0.717) is 6.54 Å². The van der Waals surface area contributed by atoms with Crippen LogP contribution in [0.4, 0.5) is 0 Å². The number of carbonyl (C=O) groups excluding carboxylic acids is 1. The molecular weight excluding hydrogens is 212 g/mol. The molecule has 1 heterocycles. The van der Waals surface area contributed by atoms with Crippen molar-refractivity contribution in [3.8, 4) is 6.07 Å². The van der Waals surface area contributed by atoms with Gasteiger partial charge in [-0.3, -0.25) is 4.79 Å². The van der Waals surface area contributed by atoms with E-state index in [-0.39, 0.29) is 11.8 Å². The largest absolute Gasteiger partial charge is 0.337 e. The molecule has 0 N–H and O–H groups in total. The lowest BCUT2D eigenvalue weighted by molar-refractivity contribution is 0.0698. The molecule has 1 atom stereocenters. The highest BCUT2D eigenvalue weighted by Gasteiger charge is 2.24. The highest BCUT2D eigenvalue weighted by atomic mass is 16.2. The number of benzene rings is 1.